The van der Waals surface area contributed by atoms with Gasteiger partial charge in [0.05, 0.1) is 0 Å². The average molecular weight is 236 g/mol. The van der Waals surface area contributed by atoms with Crippen molar-refractivity contribution in [1.82, 2.24) is 0 Å². The van der Waals surface area contributed by atoms with Crippen LogP contribution in [0, 0.1) is 0 Å². The second-order valence-corrected chi connectivity index (χ2v) is 4.42. The Kier molecular flexibility index (Phi) is 2.69. The second kappa shape index (κ2) is 4.49. The summed E-state index contributed by atoms with van der Waals surface area (Å²) in [5.74, 6) is 0.309. The van der Waals surface area contributed by atoms with Crippen LogP contribution in [0.25, 0.3) is 10.8 Å². The van der Waals surface area contributed by atoms with E-state index in [-0.39, 0.29) is 0 Å². The molecule has 0 aliphatic rings. The first kappa shape index (κ1) is 10.8. The van der Waals surface area contributed by atoms with Crippen LogP contribution in [0.2, 0.25) is 0 Å². The minimum atomic E-state index is 0.309. The van der Waals surface area contributed by atoms with Crippen LogP contribution < -0.4 is 4.57 Å². The smallest absolute Gasteiger partial charge is 0.176 e. The van der Waals surface area contributed by atoms with Crippen LogP contribution in [0.4, 0.5) is 0 Å². The van der Waals surface area contributed by atoms with Gasteiger partial charge >= 0.3 is 0 Å². The number of phenolic OH excluding ortho intramolecular Hbond substituents is 1. The maximum absolute atomic E-state index is 9.43. The van der Waals surface area contributed by atoms with Gasteiger partial charge in [0, 0.05) is 17.0 Å². The Balaban J connectivity index is 1.96. The number of rotatable bonds is 2. The molecule has 18 heavy (non-hydrogen) atoms. The summed E-state index contributed by atoms with van der Waals surface area (Å²) in [6, 6.07) is 17.8. The van der Waals surface area contributed by atoms with Gasteiger partial charge in [0.15, 0.2) is 18.9 Å². The van der Waals surface area contributed by atoms with Crippen molar-refractivity contribution in [2.75, 3.05) is 0 Å². The first-order valence-electron chi connectivity index (χ1n) is 5.97. The van der Waals surface area contributed by atoms with Gasteiger partial charge in [-0.05, 0) is 23.6 Å². The number of fused-ring (bicyclic) bond motifs is 1. The molecular weight excluding hydrogens is 222 g/mol. The maximum atomic E-state index is 9.43. The van der Waals surface area contributed by atoms with E-state index in [1.54, 1.807) is 12.1 Å². The molecule has 0 aliphatic heterocycles. The van der Waals surface area contributed by atoms with Crippen molar-refractivity contribution in [2.45, 2.75) is 6.54 Å². The number of pyridine rings is 1. The Morgan fingerprint density at radius 1 is 0.889 bits per heavy atom. The Bertz CT molecular complexity index is 677. The minimum absolute atomic E-state index is 0.309. The van der Waals surface area contributed by atoms with Gasteiger partial charge in [-0.1, -0.05) is 30.3 Å². The van der Waals surface area contributed by atoms with Gasteiger partial charge < -0.3 is 5.11 Å². The summed E-state index contributed by atoms with van der Waals surface area (Å²) in [6.07, 6.45) is 4.14. The second-order valence-electron chi connectivity index (χ2n) is 4.42. The molecule has 0 aliphatic carbocycles. The van der Waals surface area contributed by atoms with Gasteiger partial charge in [-0.2, -0.15) is 0 Å². The lowest BCUT2D eigenvalue weighted by Gasteiger charge is -2.00. The van der Waals surface area contributed by atoms with E-state index in [1.807, 2.05) is 24.4 Å². The van der Waals surface area contributed by atoms with Crippen molar-refractivity contribution in [1.29, 1.82) is 0 Å². The molecule has 0 fully saturated rings. The standard InChI is InChI=1S/C16H13NO/c18-16-7-6-15-12-17(9-8-14(15)10-16)11-13-4-2-1-3-5-13/h1-10,12H,11H2/p+1. The lowest BCUT2D eigenvalue weighted by atomic mass is 10.1. The van der Waals surface area contributed by atoms with Gasteiger partial charge in [0.25, 0.3) is 0 Å². The minimum Gasteiger partial charge on any atom is -0.508 e. The predicted octanol–water partition coefficient (Wildman–Crippen LogP) is 2.88. The van der Waals surface area contributed by atoms with Crippen LogP contribution in [0.1, 0.15) is 5.56 Å². The lowest BCUT2D eigenvalue weighted by molar-refractivity contribution is -0.687. The molecule has 2 aromatic carbocycles. The van der Waals surface area contributed by atoms with Gasteiger partial charge in [0.1, 0.15) is 5.75 Å². The highest BCUT2D eigenvalue weighted by molar-refractivity contribution is 5.81. The molecule has 2 heteroatoms. The third-order valence-electron chi connectivity index (χ3n) is 3.03. The highest BCUT2D eigenvalue weighted by atomic mass is 16.3. The number of hydrogen-bond acceptors (Lipinski definition) is 1. The molecule has 3 aromatic rings. The molecule has 0 bridgehead atoms. The highest BCUT2D eigenvalue weighted by Gasteiger charge is 2.04. The summed E-state index contributed by atoms with van der Waals surface area (Å²) in [5, 5.41) is 11.6. The zero-order valence-electron chi connectivity index (χ0n) is 9.95. The van der Waals surface area contributed by atoms with E-state index in [9.17, 15) is 5.11 Å². The number of phenols is 1. The molecule has 0 saturated carbocycles. The van der Waals surface area contributed by atoms with Crippen LogP contribution in [0.15, 0.2) is 67.0 Å². The molecule has 0 amide bonds. The maximum Gasteiger partial charge on any atom is 0.176 e. The van der Waals surface area contributed by atoms with Gasteiger partial charge in [0.2, 0.25) is 0 Å². The van der Waals surface area contributed by atoms with E-state index in [4.69, 9.17) is 0 Å². The van der Waals surface area contributed by atoms with Crippen molar-refractivity contribution < 1.29 is 9.67 Å². The zero-order chi connectivity index (χ0) is 12.4. The normalized spacial score (nSPS) is 10.7. The topological polar surface area (TPSA) is 24.1 Å². The van der Waals surface area contributed by atoms with E-state index in [0.717, 1.165) is 17.3 Å². The number of benzene rings is 2. The highest BCUT2D eigenvalue weighted by Crippen LogP contribution is 2.17. The van der Waals surface area contributed by atoms with Gasteiger partial charge in [-0.15, -0.1) is 0 Å². The fourth-order valence-electron chi connectivity index (χ4n) is 2.11. The van der Waals surface area contributed by atoms with Crippen molar-refractivity contribution >= 4 is 10.8 Å². The Morgan fingerprint density at radius 2 is 1.72 bits per heavy atom. The predicted molar refractivity (Wildman–Crippen MR) is 71.4 cm³/mol. The van der Waals surface area contributed by atoms with Crippen LogP contribution in [-0.4, -0.2) is 5.11 Å². The van der Waals surface area contributed by atoms with Crippen molar-refractivity contribution in [2.24, 2.45) is 0 Å². The lowest BCUT2D eigenvalue weighted by Crippen LogP contribution is -2.33. The van der Waals surface area contributed by atoms with Crippen molar-refractivity contribution in [3.05, 3.63) is 72.6 Å². The zero-order valence-corrected chi connectivity index (χ0v) is 9.95. The molecule has 1 N–H and O–H groups in total. The number of aromatic hydroxyl groups is 1. The Hall–Kier alpha value is -2.35. The SMILES string of the molecule is Oc1ccc2c[n+](Cc3ccccc3)ccc2c1. The molecule has 3 rings (SSSR count). The number of aromatic nitrogens is 1. The molecule has 0 saturated heterocycles. The summed E-state index contributed by atoms with van der Waals surface area (Å²) in [5.41, 5.74) is 1.28. The van der Waals surface area contributed by atoms with Crippen molar-refractivity contribution in [3.63, 3.8) is 0 Å². The van der Waals surface area contributed by atoms with Crippen molar-refractivity contribution in [3.8, 4) is 5.75 Å². The van der Waals surface area contributed by atoms with E-state index >= 15 is 0 Å². The fraction of sp³-hybridized carbons (Fsp3) is 0.0625. The monoisotopic (exact) mass is 236 g/mol. The molecule has 88 valence electrons. The average Bonchev–Trinajstić information content (AvgIpc) is 2.40. The third kappa shape index (κ3) is 2.18. The Morgan fingerprint density at radius 3 is 2.56 bits per heavy atom. The first-order chi connectivity index (χ1) is 8.81. The summed E-state index contributed by atoms with van der Waals surface area (Å²) >= 11 is 0. The molecule has 2 nitrogen and oxygen atoms in total. The largest absolute Gasteiger partial charge is 0.508 e. The van der Waals surface area contributed by atoms with Gasteiger partial charge in [-0.25, -0.2) is 4.57 Å². The van der Waals surface area contributed by atoms with E-state index in [0.29, 0.717) is 5.75 Å². The van der Waals surface area contributed by atoms with E-state index in [1.165, 1.54) is 5.56 Å². The molecule has 0 unspecified atom stereocenters. The molecule has 0 atom stereocenters. The van der Waals surface area contributed by atoms with Gasteiger partial charge in [-0.3, -0.25) is 0 Å². The third-order valence-corrected chi connectivity index (χ3v) is 3.03. The van der Waals surface area contributed by atoms with Crippen LogP contribution in [0.5, 0.6) is 5.75 Å². The van der Waals surface area contributed by atoms with E-state index in [2.05, 4.69) is 35.0 Å². The summed E-state index contributed by atoms with van der Waals surface area (Å²) in [7, 11) is 0. The van der Waals surface area contributed by atoms with Crippen LogP contribution in [0.3, 0.4) is 0 Å². The first-order valence-corrected chi connectivity index (χ1v) is 5.97. The van der Waals surface area contributed by atoms with Crippen LogP contribution in [-0.2, 0) is 6.54 Å². The molecule has 0 spiro atoms. The van der Waals surface area contributed by atoms with E-state index < -0.39 is 0 Å². The fourth-order valence-corrected chi connectivity index (χ4v) is 2.11. The summed E-state index contributed by atoms with van der Waals surface area (Å²) < 4.78 is 2.15. The summed E-state index contributed by atoms with van der Waals surface area (Å²) in [4.78, 5) is 0. The molecular formula is C16H14NO+. The molecule has 0 radical (unpaired) electrons. The molecule has 1 heterocycles. The Labute approximate surface area is 106 Å². The number of nitrogens with zero attached hydrogens (tertiary/aromatic N) is 1. The quantitative estimate of drug-likeness (QED) is 0.680. The molecule has 1 aromatic heterocycles. The number of hydrogen-bond donors (Lipinski definition) is 1. The van der Waals surface area contributed by atoms with Crippen LogP contribution >= 0.6 is 0 Å². The summed E-state index contributed by atoms with van der Waals surface area (Å²) in [6.45, 7) is 0.859.